The molecule has 0 unspecified atom stereocenters. The molecule has 0 bridgehead atoms. The van der Waals surface area contributed by atoms with Crippen LogP contribution in [-0.2, 0) is 0 Å². The molecule has 0 fully saturated rings. The Morgan fingerprint density at radius 1 is 1.20 bits per heavy atom. The molecule has 2 aromatic rings. The maximum Gasteiger partial charge on any atom is 0.172 e. The SMILES string of the molecule is COc1cnc(-c2ccccc2)cc1F. The number of hydrogen-bond acceptors (Lipinski definition) is 2. The van der Waals surface area contributed by atoms with Crippen molar-refractivity contribution in [2.24, 2.45) is 0 Å². The van der Waals surface area contributed by atoms with Crippen molar-refractivity contribution in [1.82, 2.24) is 4.98 Å². The van der Waals surface area contributed by atoms with Crippen LogP contribution in [0.5, 0.6) is 5.75 Å². The van der Waals surface area contributed by atoms with Gasteiger partial charge >= 0.3 is 0 Å². The summed E-state index contributed by atoms with van der Waals surface area (Å²) in [6.45, 7) is 0. The second-order valence-corrected chi connectivity index (χ2v) is 3.07. The van der Waals surface area contributed by atoms with E-state index < -0.39 is 5.82 Å². The summed E-state index contributed by atoms with van der Waals surface area (Å²) in [7, 11) is 1.42. The van der Waals surface area contributed by atoms with E-state index in [0.717, 1.165) is 5.56 Å². The third-order valence-corrected chi connectivity index (χ3v) is 2.11. The highest BCUT2D eigenvalue weighted by molar-refractivity contribution is 5.59. The molecule has 1 aromatic carbocycles. The first kappa shape index (κ1) is 9.65. The molecule has 0 aliphatic carbocycles. The number of ether oxygens (including phenoxy) is 1. The zero-order chi connectivity index (χ0) is 10.7. The second-order valence-electron chi connectivity index (χ2n) is 3.07. The lowest BCUT2D eigenvalue weighted by atomic mass is 10.1. The van der Waals surface area contributed by atoms with Gasteiger partial charge in [0.15, 0.2) is 11.6 Å². The van der Waals surface area contributed by atoms with E-state index in [2.05, 4.69) is 4.98 Å². The number of benzene rings is 1. The van der Waals surface area contributed by atoms with E-state index in [-0.39, 0.29) is 5.75 Å². The zero-order valence-corrected chi connectivity index (χ0v) is 8.27. The van der Waals surface area contributed by atoms with Gasteiger partial charge in [0.25, 0.3) is 0 Å². The van der Waals surface area contributed by atoms with Gasteiger partial charge in [-0.2, -0.15) is 0 Å². The number of halogens is 1. The summed E-state index contributed by atoms with van der Waals surface area (Å²) in [4.78, 5) is 4.12. The Kier molecular flexibility index (Phi) is 2.63. The van der Waals surface area contributed by atoms with Gasteiger partial charge < -0.3 is 4.74 Å². The van der Waals surface area contributed by atoms with Crippen LogP contribution < -0.4 is 4.74 Å². The summed E-state index contributed by atoms with van der Waals surface area (Å²) in [5.74, 6) is -0.235. The van der Waals surface area contributed by atoms with Crippen molar-refractivity contribution in [3.8, 4) is 17.0 Å². The molecule has 0 aliphatic rings. The van der Waals surface area contributed by atoms with E-state index in [9.17, 15) is 4.39 Å². The van der Waals surface area contributed by atoms with Gasteiger partial charge in [-0.15, -0.1) is 0 Å². The zero-order valence-electron chi connectivity index (χ0n) is 8.27. The van der Waals surface area contributed by atoms with Gasteiger partial charge in [-0.1, -0.05) is 30.3 Å². The fraction of sp³-hybridized carbons (Fsp3) is 0.0833. The van der Waals surface area contributed by atoms with Gasteiger partial charge in [0.2, 0.25) is 0 Å². The van der Waals surface area contributed by atoms with Crippen molar-refractivity contribution in [3.63, 3.8) is 0 Å². The van der Waals surface area contributed by atoms with Gasteiger partial charge in [0.05, 0.1) is 19.0 Å². The number of pyridine rings is 1. The molecule has 0 spiro atoms. The number of nitrogens with zero attached hydrogens (tertiary/aromatic N) is 1. The largest absolute Gasteiger partial charge is 0.492 e. The predicted octanol–water partition coefficient (Wildman–Crippen LogP) is 2.90. The lowest BCUT2D eigenvalue weighted by Crippen LogP contribution is -1.91. The van der Waals surface area contributed by atoms with E-state index in [1.54, 1.807) is 0 Å². The van der Waals surface area contributed by atoms with Gasteiger partial charge in [-0.05, 0) is 0 Å². The third-order valence-electron chi connectivity index (χ3n) is 2.11. The van der Waals surface area contributed by atoms with E-state index in [4.69, 9.17) is 4.74 Å². The number of aromatic nitrogens is 1. The van der Waals surface area contributed by atoms with Crippen LogP contribution in [0, 0.1) is 5.82 Å². The molecule has 0 saturated heterocycles. The molecule has 2 rings (SSSR count). The Hall–Kier alpha value is -1.90. The van der Waals surface area contributed by atoms with Crippen molar-refractivity contribution >= 4 is 0 Å². The summed E-state index contributed by atoms with van der Waals surface area (Å²) < 4.78 is 18.2. The maximum atomic E-state index is 13.4. The van der Waals surface area contributed by atoms with Crippen LogP contribution in [0.3, 0.4) is 0 Å². The van der Waals surface area contributed by atoms with Crippen molar-refractivity contribution in [2.45, 2.75) is 0 Å². The molecule has 3 heteroatoms. The molecule has 2 nitrogen and oxygen atoms in total. The summed E-state index contributed by atoms with van der Waals surface area (Å²) in [6.07, 6.45) is 1.39. The summed E-state index contributed by atoms with van der Waals surface area (Å²) in [5, 5.41) is 0. The molecular formula is C12H10FNO. The van der Waals surface area contributed by atoms with Crippen molar-refractivity contribution < 1.29 is 9.13 Å². The monoisotopic (exact) mass is 203 g/mol. The fourth-order valence-corrected chi connectivity index (χ4v) is 1.34. The molecule has 15 heavy (non-hydrogen) atoms. The Morgan fingerprint density at radius 3 is 2.53 bits per heavy atom. The summed E-state index contributed by atoms with van der Waals surface area (Å²) in [6, 6.07) is 10.8. The standard InChI is InChI=1S/C12H10FNO/c1-15-12-8-14-11(7-10(12)13)9-5-3-2-4-6-9/h2-8H,1H3. The van der Waals surface area contributed by atoms with Crippen LogP contribution in [0.2, 0.25) is 0 Å². The summed E-state index contributed by atoms with van der Waals surface area (Å²) in [5.41, 5.74) is 1.49. The molecule has 0 radical (unpaired) electrons. The van der Waals surface area contributed by atoms with Crippen LogP contribution in [0.25, 0.3) is 11.3 Å². The molecular weight excluding hydrogens is 193 g/mol. The van der Waals surface area contributed by atoms with E-state index >= 15 is 0 Å². The van der Waals surface area contributed by atoms with Crippen LogP contribution in [0.15, 0.2) is 42.6 Å². The smallest absolute Gasteiger partial charge is 0.172 e. The van der Waals surface area contributed by atoms with Gasteiger partial charge in [0.1, 0.15) is 0 Å². The Labute approximate surface area is 87.4 Å². The highest BCUT2D eigenvalue weighted by Crippen LogP contribution is 2.22. The Balaban J connectivity index is 2.43. The highest BCUT2D eigenvalue weighted by atomic mass is 19.1. The van der Waals surface area contributed by atoms with Crippen LogP contribution in [-0.4, -0.2) is 12.1 Å². The second kappa shape index (κ2) is 4.09. The predicted molar refractivity (Wildman–Crippen MR) is 56.2 cm³/mol. The lowest BCUT2D eigenvalue weighted by Gasteiger charge is -2.03. The van der Waals surface area contributed by atoms with Gasteiger partial charge in [-0.3, -0.25) is 4.98 Å². The minimum Gasteiger partial charge on any atom is -0.492 e. The van der Waals surface area contributed by atoms with Crippen molar-refractivity contribution in [3.05, 3.63) is 48.4 Å². The molecule has 0 saturated carbocycles. The van der Waals surface area contributed by atoms with E-state index in [1.807, 2.05) is 30.3 Å². The Morgan fingerprint density at radius 2 is 1.93 bits per heavy atom. The fourth-order valence-electron chi connectivity index (χ4n) is 1.34. The highest BCUT2D eigenvalue weighted by Gasteiger charge is 2.05. The maximum absolute atomic E-state index is 13.4. The minimum absolute atomic E-state index is 0.162. The molecule has 1 aromatic heterocycles. The quantitative estimate of drug-likeness (QED) is 0.748. The normalized spacial score (nSPS) is 10.0. The van der Waals surface area contributed by atoms with Crippen LogP contribution >= 0.6 is 0 Å². The molecule has 0 N–H and O–H groups in total. The van der Waals surface area contributed by atoms with Crippen LogP contribution in [0.4, 0.5) is 4.39 Å². The molecule has 1 heterocycles. The van der Waals surface area contributed by atoms with Gasteiger partial charge in [-0.25, -0.2) is 4.39 Å². The third kappa shape index (κ3) is 1.96. The molecule has 0 atom stereocenters. The average Bonchev–Trinajstić information content (AvgIpc) is 2.30. The first-order valence-corrected chi connectivity index (χ1v) is 4.56. The van der Waals surface area contributed by atoms with E-state index in [1.165, 1.54) is 19.4 Å². The molecule has 76 valence electrons. The first-order chi connectivity index (χ1) is 7.31. The van der Waals surface area contributed by atoms with Crippen molar-refractivity contribution in [2.75, 3.05) is 7.11 Å². The average molecular weight is 203 g/mol. The number of hydrogen-bond donors (Lipinski definition) is 0. The van der Waals surface area contributed by atoms with Crippen molar-refractivity contribution in [1.29, 1.82) is 0 Å². The van der Waals surface area contributed by atoms with Gasteiger partial charge in [0, 0.05) is 11.6 Å². The lowest BCUT2D eigenvalue weighted by molar-refractivity contribution is 0.384. The van der Waals surface area contributed by atoms with Crippen LogP contribution in [0.1, 0.15) is 0 Å². The molecule has 0 aliphatic heterocycles. The summed E-state index contributed by atoms with van der Waals surface area (Å²) >= 11 is 0. The minimum atomic E-state index is -0.397. The van der Waals surface area contributed by atoms with E-state index in [0.29, 0.717) is 5.69 Å². The topological polar surface area (TPSA) is 22.1 Å². The molecule has 0 amide bonds. The Bertz CT molecular complexity index is 456. The first-order valence-electron chi connectivity index (χ1n) is 4.56. The number of methoxy groups -OCH3 is 1. The number of rotatable bonds is 2.